The molecular weight excluding hydrogens is 343 g/mol. The highest BCUT2D eigenvalue weighted by Crippen LogP contribution is 2.34. The van der Waals surface area contributed by atoms with Crippen LogP contribution in [-0.4, -0.2) is 11.9 Å². The van der Waals surface area contributed by atoms with Crippen LogP contribution in [0.4, 0.5) is 18.9 Å². The molecule has 0 fully saturated rings. The standard InChI is InChI=1S/C13H16BrClF3N/c1-8(2)11(5-6-15)19-12-4-3-9(7-10(12)14)13(16,17)18/h3-4,7-8,11,19H,5-6H2,1-2H3. The Morgan fingerprint density at radius 1 is 1.32 bits per heavy atom. The predicted octanol–water partition coefficient (Wildman–Crippen LogP) is 5.53. The SMILES string of the molecule is CC(C)C(CCCl)Nc1ccc(C(F)(F)F)cc1Br. The Kier molecular flexibility index (Phi) is 5.99. The molecule has 0 aliphatic carbocycles. The summed E-state index contributed by atoms with van der Waals surface area (Å²) in [6.45, 7) is 4.09. The zero-order chi connectivity index (χ0) is 14.6. The summed E-state index contributed by atoms with van der Waals surface area (Å²) in [4.78, 5) is 0. The summed E-state index contributed by atoms with van der Waals surface area (Å²) >= 11 is 8.90. The highest BCUT2D eigenvalue weighted by atomic mass is 79.9. The topological polar surface area (TPSA) is 12.0 Å². The van der Waals surface area contributed by atoms with Crippen molar-refractivity contribution in [2.75, 3.05) is 11.2 Å². The van der Waals surface area contributed by atoms with Gasteiger partial charge in [-0.15, -0.1) is 11.6 Å². The van der Waals surface area contributed by atoms with Crippen LogP contribution in [0, 0.1) is 5.92 Å². The van der Waals surface area contributed by atoms with Gasteiger partial charge in [-0.3, -0.25) is 0 Å². The zero-order valence-electron chi connectivity index (χ0n) is 10.7. The second-order valence-corrected chi connectivity index (χ2v) is 5.90. The van der Waals surface area contributed by atoms with Crippen molar-refractivity contribution in [3.63, 3.8) is 0 Å². The summed E-state index contributed by atoms with van der Waals surface area (Å²) in [5.74, 6) is 0.849. The molecule has 0 saturated carbocycles. The van der Waals surface area contributed by atoms with Crippen LogP contribution in [0.1, 0.15) is 25.8 Å². The van der Waals surface area contributed by atoms with E-state index in [1.807, 2.05) is 13.8 Å². The Labute approximate surface area is 124 Å². The van der Waals surface area contributed by atoms with Crippen molar-refractivity contribution >= 4 is 33.2 Å². The van der Waals surface area contributed by atoms with Crippen LogP contribution in [0.25, 0.3) is 0 Å². The maximum atomic E-state index is 12.6. The first-order chi connectivity index (χ1) is 8.75. The van der Waals surface area contributed by atoms with Crippen molar-refractivity contribution in [1.29, 1.82) is 0 Å². The second-order valence-electron chi connectivity index (χ2n) is 4.66. The van der Waals surface area contributed by atoms with Gasteiger partial charge in [-0.1, -0.05) is 13.8 Å². The van der Waals surface area contributed by atoms with Crippen LogP contribution in [0.15, 0.2) is 22.7 Å². The van der Waals surface area contributed by atoms with Crippen molar-refractivity contribution in [2.45, 2.75) is 32.5 Å². The van der Waals surface area contributed by atoms with Gasteiger partial charge in [0.05, 0.1) is 5.56 Å². The van der Waals surface area contributed by atoms with Gasteiger partial charge in [0, 0.05) is 22.1 Å². The summed E-state index contributed by atoms with van der Waals surface area (Å²) in [5, 5.41) is 3.23. The molecule has 0 aromatic heterocycles. The van der Waals surface area contributed by atoms with E-state index in [1.54, 1.807) is 0 Å². The number of hydrogen-bond acceptors (Lipinski definition) is 1. The van der Waals surface area contributed by atoms with Crippen LogP contribution in [0.2, 0.25) is 0 Å². The molecule has 1 rings (SSSR count). The molecule has 0 aliphatic rings. The first-order valence-corrected chi connectivity index (χ1v) is 7.27. The van der Waals surface area contributed by atoms with Gasteiger partial charge in [0.15, 0.2) is 0 Å². The third-order valence-corrected chi connectivity index (χ3v) is 3.74. The lowest BCUT2D eigenvalue weighted by Gasteiger charge is -2.23. The van der Waals surface area contributed by atoms with Crippen molar-refractivity contribution in [3.8, 4) is 0 Å². The fourth-order valence-corrected chi connectivity index (χ4v) is 2.43. The van der Waals surface area contributed by atoms with E-state index in [0.717, 1.165) is 18.6 Å². The van der Waals surface area contributed by atoms with Crippen molar-refractivity contribution < 1.29 is 13.2 Å². The average molecular weight is 359 g/mol. The van der Waals surface area contributed by atoms with Gasteiger partial charge in [0.2, 0.25) is 0 Å². The smallest absolute Gasteiger partial charge is 0.381 e. The molecule has 1 nitrogen and oxygen atoms in total. The Morgan fingerprint density at radius 3 is 2.37 bits per heavy atom. The zero-order valence-corrected chi connectivity index (χ0v) is 13.0. The van der Waals surface area contributed by atoms with E-state index < -0.39 is 11.7 Å². The van der Waals surface area contributed by atoms with Crippen LogP contribution in [0.3, 0.4) is 0 Å². The van der Waals surface area contributed by atoms with Gasteiger partial charge in [-0.05, 0) is 46.5 Å². The fourth-order valence-electron chi connectivity index (χ4n) is 1.70. The Hall–Kier alpha value is -0.420. The highest BCUT2D eigenvalue weighted by Gasteiger charge is 2.31. The summed E-state index contributed by atoms with van der Waals surface area (Å²) in [6.07, 6.45) is -3.57. The first-order valence-electron chi connectivity index (χ1n) is 5.95. The van der Waals surface area contributed by atoms with E-state index in [0.29, 0.717) is 22.0 Å². The van der Waals surface area contributed by atoms with Gasteiger partial charge in [0.25, 0.3) is 0 Å². The number of benzene rings is 1. The van der Waals surface area contributed by atoms with E-state index in [9.17, 15) is 13.2 Å². The highest BCUT2D eigenvalue weighted by molar-refractivity contribution is 9.10. The summed E-state index contributed by atoms with van der Waals surface area (Å²) in [6, 6.07) is 3.73. The molecule has 108 valence electrons. The third-order valence-electron chi connectivity index (χ3n) is 2.86. The molecular formula is C13H16BrClF3N. The first kappa shape index (κ1) is 16.6. The van der Waals surface area contributed by atoms with E-state index in [-0.39, 0.29) is 6.04 Å². The van der Waals surface area contributed by atoms with Crippen molar-refractivity contribution in [2.24, 2.45) is 5.92 Å². The number of hydrogen-bond donors (Lipinski definition) is 1. The lowest BCUT2D eigenvalue weighted by atomic mass is 10.0. The molecule has 1 aromatic rings. The lowest BCUT2D eigenvalue weighted by Crippen LogP contribution is -2.26. The molecule has 0 saturated heterocycles. The van der Waals surface area contributed by atoms with Gasteiger partial charge < -0.3 is 5.32 Å². The number of alkyl halides is 4. The summed E-state index contributed by atoms with van der Waals surface area (Å²) in [7, 11) is 0. The predicted molar refractivity (Wildman–Crippen MR) is 76.7 cm³/mol. The van der Waals surface area contributed by atoms with Crippen LogP contribution < -0.4 is 5.32 Å². The average Bonchev–Trinajstić information content (AvgIpc) is 2.29. The Bertz CT molecular complexity index is 421. The second kappa shape index (κ2) is 6.84. The number of rotatable bonds is 5. The molecule has 1 aromatic carbocycles. The van der Waals surface area contributed by atoms with Crippen LogP contribution in [-0.2, 0) is 6.18 Å². The summed E-state index contributed by atoms with van der Waals surface area (Å²) < 4.78 is 38.1. The minimum atomic E-state index is -4.32. The molecule has 6 heteroatoms. The minimum Gasteiger partial charge on any atom is -0.381 e. The monoisotopic (exact) mass is 357 g/mol. The number of anilines is 1. The van der Waals surface area contributed by atoms with Gasteiger partial charge in [-0.2, -0.15) is 13.2 Å². The van der Waals surface area contributed by atoms with E-state index in [4.69, 9.17) is 11.6 Å². The van der Waals surface area contributed by atoms with E-state index >= 15 is 0 Å². The number of halogens is 5. The van der Waals surface area contributed by atoms with Gasteiger partial charge in [-0.25, -0.2) is 0 Å². The maximum Gasteiger partial charge on any atom is 0.416 e. The van der Waals surface area contributed by atoms with Crippen LogP contribution >= 0.6 is 27.5 Å². The molecule has 0 spiro atoms. The van der Waals surface area contributed by atoms with Gasteiger partial charge >= 0.3 is 6.18 Å². The van der Waals surface area contributed by atoms with E-state index in [1.165, 1.54) is 6.07 Å². The largest absolute Gasteiger partial charge is 0.416 e. The van der Waals surface area contributed by atoms with Gasteiger partial charge in [0.1, 0.15) is 0 Å². The number of nitrogens with one attached hydrogen (secondary N) is 1. The molecule has 0 radical (unpaired) electrons. The lowest BCUT2D eigenvalue weighted by molar-refractivity contribution is -0.137. The molecule has 0 heterocycles. The molecule has 1 N–H and O–H groups in total. The quantitative estimate of drug-likeness (QED) is 0.682. The molecule has 19 heavy (non-hydrogen) atoms. The molecule has 1 atom stereocenters. The maximum absolute atomic E-state index is 12.6. The van der Waals surface area contributed by atoms with E-state index in [2.05, 4.69) is 21.2 Å². The molecule has 0 aliphatic heterocycles. The molecule has 0 bridgehead atoms. The Balaban J connectivity index is 2.90. The normalized spacial score (nSPS) is 13.7. The molecule has 0 amide bonds. The summed E-state index contributed by atoms with van der Waals surface area (Å²) in [5.41, 5.74) is -0.0137. The van der Waals surface area contributed by atoms with Crippen LogP contribution in [0.5, 0.6) is 0 Å². The fraction of sp³-hybridized carbons (Fsp3) is 0.538. The van der Waals surface area contributed by atoms with Crippen molar-refractivity contribution in [1.82, 2.24) is 0 Å². The van der Waals surface area contributed by atoms with Crippen molar-refractivity contribution in [3.05, 3.63) is 28.2 Å². The Morgan fingerprint density at radius 2 is 1.95 bits per heavy atom. The third kappa shape index (κ3) is 4.88. The minimum absolute atomic E-state index is 0.130. The molecule has 1 unspecified atom stereocenters.